The number of amides is 1. The molecule has 0 saturated heterocycles. The lowest BCUT2D eigenvalue weighted by atomic mass is 10.1. The molecule has 0 unspecified atom stereocenters. The number of hydrogen-bond donors (Lipinski definition) is 2. The lowest BCUT2D eigenvalue weighted by Gasteiger charge is -2.30. The summed E-state index contributed by atoms with van der Waals surface area (Å²) in [6.07, 6.45) is 1.65. The third-order valence-electron chi connectivity index (χ3n) is 3.39. The number of phenols is 2. The van der Waals surface area contributed by atoms with Crippen LogP contribution in [0.15, 0.2) is 18.2 Å². The Morgan fingerprint density at radius 1 is 1.30 bits per heavy atom. The molecule has 1 amide bonds. The quantitative estimate of drug-likeness (QED) is 0.753. The number of rotatable bonds is 7. The molecule has 0 radical (unpaired) electrons. The Bertz CT molecular complexity index is 443. The maximum atomic E-state index is 12.6. The van der Waals surface area contributed by atoms with E-state index in [9.17, 15) is 15.0 Å². The molecular weight excluding hydrogens is 258 g/mol. The number of hydrogen-bond acceptors (Lipinski definition) is 4. The van der Waals surface area contributed by atoms with Crippen molar-refractivity contribution in [1.29, 1.82) is 0 Å². The minimum Gasteiger partial charge on any atom is -0.508 e. The predicted molar refractivity (Wildman–Crippen MR) is 77.1 cm³/mol. The molecule has 0 aliphatic heterocycles. The van der Waals surface area contributed by atoms with Crippen LogP contribution in [0.25, 0.3) is 0 Å². The number of ether oxygens (including phenoxy) is 1. The molecule has 1 aromatic carbocycles. The molecule has 0 spiro atoms. The van der Waals surface area contributed by atoms with Gasteiger partial charge in [-0.2, -0.15) is 0 Å². The van der Waals surface area contributed by atoms with Crippen molar-refractivity contribution in [2.24, 2.45) is 0 Å². The molecule has 0 atom stereocenters. The van der Waals surface area contributed by atoms with Crippen molar-refractivity contribution in [2.75, 3.05) is 20.3 Å². The first-order valence-electron chi connectivity index (χ1n) is 6.87. The van der Waals surface area contributed by atoms with Crippen LogP contribution in [-0.4, -0.2) is 47.3 Å². The Labute approximate surface area is 119 Å². The van der Waals surface area contributed by atoms with E-state index in [-0.39, 0.29) is 29.0 Å². The minimum atomic E-state index is -0.288. The van der Waals surface area contributed by atoms with Crippen molar-refractivity contribution < 1.29 is 19.7 Å². The average molecular weight is 281 g/mol. The van der Waals surface area contributed by atoms with Gasteiger partial charge < -0.3 is 19.8 Å². The molecule has 5 heteroatoms. The summed E-state index contributed by atoms with van der Waals surface area (Å²) in [5.74, 6) is -0.451. The lowest BCUT2D eigenvalue weighted by molar-refractivity contribution is 0.0586. The Morgan fingerprint density at radius 2 is 1.95 bits per heavy atom. The number of benzene rings is 1. The molecule has 1 aromatic rings. The second kappa shape index (κ2) is 7.75. The Hall–Kier alpha value is -1.75. The van der Waals surface area contributed by atoms with Gasteiger partial charge in [0.1, 0.15) is 11.5 Å². The summed E-state index contributed by atoms with van der Waals surface area (Å²) >= 11 is 0. The highest BCUT2D eigenvalue weighted by Gasteiger charge is 2.24. The monoisotopic (exact) mass is 281 g/mol. The zero-order chi connectivity index (χ0) is 15.1. The number of carbonyl (C=O) groups excluding carboxylic acids is 1. The van der Waals surface area contributed by atoms with Crippen LogP contribution < -0.4 is 0 Å². The van der Waals surface area contributed by atoms with Gasteiger partial charge in [0.15, 0.2) is 0 Å². The van der Waals surface area contributed by atoms with Gasteiger partial charge in [0.05, 0.1) is 12.2 Å². The SMILES string of the molecule is CCC(CC)N(CCOC)C(=O)c1cc(O)ccc1O. The highest BCUT2D eigenvalue weighted by Crippen LogP contribution is 2.25. The summed E-state index contributed by atoms with van der Waals surface area (Å²) in [6, 6.07) is 4.05. The molecule has 5 nitrogen and oxygen atoms in total. The van der Waals surface area contributed by atoms with Crippen molar-refractivity contribution in [2.45, 2.75) is 32.7 Å². The zero-order valence-electron chi connectivity index (χ0n) is 12.3. The largest absolute Gasteiger partial charge is 0.508 e. The normalized spacial score (nSPS) is 10.8. The molecule has 0 heterocycles. The molecule has 0 bridgehead atoms. The minimum absolute atomic E-state index is 0.0395. The Balaban J connectivity index is 3.05. The summed E-state index contributed by atoms with van der Waals surface area (Å²) in [7, 11) is 1.58. The molecule has 20 heavy (non-hydrogen) atoms. The second-order valence-corrected chi connectivity index (χ2v) is 4.66. The van der Waals surface area contributed by atoms with Gasteiger partial charge in [0.2, 0.25) is 0 Å². The predicted octanol–water partition coefficient (Wildman–Crippen LogP) is 2.38. The van der Waals surface area contributed by atoms with E-state index in [1.165, 1.54) is 18.2 Å². The molecule has 0 aromatic heterocycles. The van der Waals surface area contributed by atoms with Crippen LogP contribution in [0, 0.1) is 0 Å². The van der Waals surface area contributed by atoms with Crippen molar-refractivity contribution in [3.63, 3.8) is 0 Å². The summed E-state index contributed by atoms with van der Waals surface area (Å²) in [6.45, 7) is 4.92. The molecular formula is C15H23NO4. The summed E-state index contributed by atoms with van der Waals surface area (Å²) in [5, 5.41) is 19.3. The van der Waals surface area contributed by atoms with Crippen molar-refractivity contribution in [3.05, 3.63) is 23.8 Å². The van der Waals surface area contributed by atoms with Gasteiger partial charge in [-0.25, -0.2) is 0 Å². The number of aromatic hydroxyl groups is 2. The summed E-state index contributed by atoms with van der Waals surface area (Å²) in [5.41, 5.74) is 0.119. The maximum absolute atomic E-state index is 12.6. The third kappa shape index (κ3) is 3.87. The van der Waals surface area contributed by atoms with Crippen LogP contribution in [0.5, 0.6) is 11.5 Å². The molecule has 0 fully saturated rings. The van der Waals surface area contributed by atoms with Gasteiger partial charge >= 0.3 is 0 Å². The van der Waals surface area contributed by atoms with Crippen LogP contribution in [0.1, 0.15) is 37.0 Å². The van der Waals surface area contributed by atoms with E-state index in [1.54, 1.807) is 12.0 Å². The average Bonchev–Trinajstić information content (AvgIpc) is 2.45. The van der Waals surface area contributed by atoms with Crippen LogP contribution >= 0.6 is 0 Å². The fourth-order valence-electron chi connectivity index (χ4n) is 2.22. The third-order valence-corrected chi connectivity index (χ3v) is 3.39. The molecule has 1 rings (SSSR count). The Morgan fingerprint density at radius 3 is 2.50 bits per heavy atom. The van der Waals surface area contributed by atoms with E-state index in [2.05, 4.69) is 0 Å². The molecule has 0 aliphatic rings. The van der Waals surface area contributed by atoms with Crippen LogP contribution in [0.4, 0.5) is 0 Å². The number of phenolic OH excluding ortho intramolecular Hbond substituents is 2. The van der Waals surface area contributed by atoms with E-state index >= 15 is 0 Å². The highest BCUT2D eigenvalue weighted by molar-refractivity contribution is 5.97. The molecule has 0 aliphatic carbocycles. The highest BCUT2D eigenvalue weighted by atomic mass is 16.5. The zero-order valence-corrected chi connectivity index (χ0v) is 12.3. The van der Waals surface area contributed by atoms with Crippen LogP contribution in [-0.2, 0) is 4.74 Å². The van der Waals surface area contributed by atoms with Gasteiger partial charge in [0.25, 0.3) is 5.91 Å². The second-order valence-electron chi connectivity index (χ2n) is 4.66. The van der Waals surface area contributed by atoms with Crippen molar-refractivity contribution in [3.8, 4) is 11.5 Å². The summed E-state index contributed by atoms with van der Waals surface area (Å²) < 4.78 is 5.05. The van der Waals surface area contributed by atoms with Crippen molar-refractivity contribution in [1.82, 2.24) is 4.90 Å². The van der Waals surface area contributed by atoms with Gasteiger partial charge in [0, 0.05) is 19.7 Å². The number of methoxy groups -OCH3 is 1. The van der Waals surface area contributed by atoms with E-state index in [1.807, 2.05) is 13.8 Å². The van der Waals surface area contributed by atoms with Gasteiger partial charge in [-0.3, -0.25) is 4.79 Å². The fraction of sp³-hybridized carbons (Fsp3) is 0.533. The first kappa shape index (κ1) is 16.3. The topological polar surface area (TPSA) is 70.0 Å². The first-order chi connectivity index (χ1) is 9.54. The molecule has 2 N–H and O–H groups in total. The van der Waals surface area contributed by atoms with Gasteiger partial charge in [-0.1, -0.05) is 13.8 Å². The number of nitrogens with zero attached hydrogens (tertiary/aromatic N) is 1. The fourth-order valence-corrected chi connectivity index (χ4v) is 2.22. The van der Waals surface area contributed by atoms with E-state index in [4.69, 9.17) is 4.74 Å². The summed E-state index contributed by atoms with van der Waals surface area (Å²) in [4.78, 5) is 14.3. The van der Waals surface area contributed by atoms with Gasteiger partial charge in [-0.05, 0) is 31.0 Å². The van der Waals surface area contributed by atoms with Crippen LogP contribution in [0.3, 0.4) is 0 Å². The van der Waals surface area contributed by atoms with Crippen molar-refractivity contribution >= 4 is 5.91 Å². The molecule has 0 saturated carbocycles. The maximum Gasteiger partial charge on any atom is 0.258 e. The Kier molecular flexibility index (Phi) is 6.31. The van der Waals surface area contributed by atoms with Crippen LogP contribution in [0.2, 0.25) is 0 Å². The lowest BCUT2D eigenvalue weighted by Crippen LogP contribution is -2.41. The first-order valence-corrected chi connectivity index (χ1v) is 6.87. The van der Waals surface area contributed by atoms with E-state index in [0.29, 0.717) is 13.2 Å². The smallest absolute Gasteiger partial charge is 0.258 e. The van der Waals surface area contributed by atoms with E-state index < -0.39 is 0 Å². The van der Waals surface area contributed by atoms with Gasteiger partial charge in [-0.15, -0.1) is 0 Å². The number of carbonyl (C=O) groups is 1. The standard InChI is InChI=1S/C15H23NO4/c1-4-11(5-2)16(8-9-20-3)15(19)13-10-12(17)6-7-14(13)18/h6-7,10-11,17-18H,4-5,8-9H2,1-3H3. The molecule has 112 valence electrons. The van der Waals surface area contributed by atoms with E-state index in [0.717, 1.165) is 12.8 Å².